The Kier molecular flexibility index (Phi) is 4.89. The van der Waals surface area contributed by atoms with Crippen molar-refractivity contribution in [1.29, 1.82) is 5.26 Å². The van der Waals surface area contributed by atoms with Crippen molar-refractivity contribution < 1.29 is 14.3 Å². The molecule has 0 saturated carbocycles. The fourth-order valence-corrected chi connectivity index (χ4v) is 2.38. The molecule has 21 heavy (non-hydrogen) atoms. The Morgan fingerprint density at radius 3 is 2.62 bits per heavy atom. The largest absolute Gasteiger partial charge is 0.384 e. The Balaban J connectivity index is 1.92. The molecule has 1 fully saturated rings. The average molecular weight is 291 g/mol. The van der Waals surface area contributed by atoms with Crippen LogP contribution in [0, 0.1) is 17.1 Å². The predicted octanol–water partition coefficient (Wildman–Crippen LogP) is 0.722. The van der Waals surface area contributed by atoms with Gasteiger partial charge in [-0.2, -0.15) is 5.26 Å². The Morgan fingerprint density at radius 2 is 2.10 bits per heavy atom. The lowest BCUT2D eigenvalue weighted by Crippen LogP contribution is -2.50. The van der Waals surface area contributed by atoms with Gasteiger partial charge < -0.3 is 10.0 Å². The van der Waals surface area contributed by atoms with Crippen LogP contribution in [0.1, 0.15) is 18.1 Å². The first-order valence-electron chi connectivity index (χ1n) is 6.89. The number of nitriles is 1. The molecule has 1 atom stereocenters. The van der Waals surface area contributed by atoms with Crippen molar-refractivity contribution in [2.24, 2.45) is 0 Å². The third kappa shape index (κ3) is 3.78. The quantitative estimate of drug-likeness (QED) is 0.891. The van der Waals surface area contributed by atoms with Gasteiger partial charge in [-0.3, -0.25) is 9.69 Å². The van der Waals surface area contributed by atoms with Gasteiger partial charge in [0.2, 0.25) is 0 Å². The fourth-order valence-electron chi connectivity index (χ4n) is 2.38. The van der Waals surface area contributed by atoms with Gasteiger partial charge in [-0.25, -0.2) is 4.39 Å². The van der Waals surface area contributed by atoms with Crippen molar-refractivity contribution in [3.63, 3.8) is 0 Å². The zero-order chi connectivity index (χ0) is 15.4. The molecule has 0 radical (unpaired) electrons. The van der Waals surface area contributed by atoms with E-state index in [1.165, 1.54) is 13.0 Å². The lowest BCUT2D eigenvalue weighted by atomic mass is 10.1. The maximum atomic E-state index is 13.8. The normalized spacial score (nSPS) is 17.3. The first-order valence-corrected chi connectivity index (χ1v) is 6.89. The van der Waals surface area contributed by atoms with E-state index >= 15 is 0 Å². The number of amides is 1. The van der Waals surface area contributed by atoms with Crippen molar-refractivity contribution in [1.82, 2.24) is 9.80 Å². The highest BCUT2D eigenvalue weighted by molar-refractivity contribution is 5.80. The minimum absolute atomic E-state index is 0.265. The van der Waals surface area contributed by atoms with E-state index in [0.717, 1.165) is 0 Å². The van der Waals surface area contributed by atoms with E-state index in [0.29, 0.717) is 43.9 Å². The van der Waals surface area contributed by atoms with Gasteiger partial charge in [-0.05, 0) is 19.1 Å². The van der Waals surface area contributed by atoms with Gasteiger partial charge in [0.25, 0.3) is 5.91 Å². The molecule has 6 heteroatoms. The summed E-state index contributed by atoms with van der Waals surface area (Å²) in [5.74, 6) is -0.643. The lowest BCUT2D eigenvalue weighted by Gasteiger charge is -2.35. The molecule has 1 unspecified atom stereocenters. The predicted molar refractivity (Wildman–Crippen MR) is 74.7 cm³/mol. The minimum atomic E-state index is -0.979. The number of hydrogen-bond acceptors (Lipinski definition) is 4. The smallest absolute Gasteiger partial charge is 0.251 e. The monoisotopic (exact) mass is 291 g/mol. The number of nitrogens with zero attached hydrogens (tertiary/aromatic N) is 3. The number of benzene rings is 1. The topological polar surface area (TPSA) is 67.6 Å². The molecule has 1 heterocycles. The number of carbonyl (C=O) groups is 1. The SMILES string of the molecule is CC(O)C(=O)N1CCN(Cc2ccc(C#N)cc2F)CC1. The van der Waals surface area contributed by atoms with Gasteiger partial charge >= 0.3 is 0 Å². The molecular formula is C15H18FN3O2. The molecule has 1 N–H and O–H groups in total. The molecule has 0 spiro atoms. The van der Waals surface area contributed by atoms with E-state index in [1.807, 2.05) is 6.07 Å². The van der Waals surface area contributed by atoms with Crippen molar-refractivity contribution in [2.45, 2.75) is 19.6 Å². The second kappa shape index (κ2) is 6.66. The van der Waals surface area contributed by atoms with E-state index in [2.05, 4.69) is 4.90 Å². The lowest BCUT2D eigenvalue weighted by molar-refractivity contribution is -0.141. The van der Waals surface area contributed by atoms with Crippen LogP contribution in [0.15, 0.2) is 18.2 Å². The summed E-state index contributed by atoms with van der Waals surface area (Å²) in [4.78, 5) is 15.3. The van der Waals surface area contributed by atoms with Gasteiger partial charge in [0, 0.05) is 38.3 Å². The maximum absolute atomic E-state index is 13.8. The molecule has 2 rings (SSSR count). The van der Waals surface area contributed by atoms with Gasteiger partial charge in [-0.1, -0.05) is 6.07 Å². The molecule has 1 aliphatic heterocycles. The highest BCUT2D eigenvalue weighted by Crippen LogP contribution is 2.14. The van der Waals surface area contributed by atoms with Crippen LogP contribution in [0.5, 0.6) is 0 Å². The van der Waals surface area contributed by atoms with E-state index in [-0.39, 0.29) is 11.7 Å². The summed E-state index contributed by atoms with van der Waals surface area (Å²) in [5, 5.41) is 18.0. The van der Waals surface area contributed by atoms with Crippen molar-refractivity contribution >= 4 is 5.91 Å². The summed E-state index contributed by atoms with van der Waals surface area (Å²) in [6.45, 7) is 4.24. The first-order chi connectivity index (χ1) is 10.0. The molecule has 0 bridgehead atoms. The van der Waals surface area contributed by atoms with Crippen LogP contribution in [0.25, 0.3) is 0 Å². The number of hydrogen-bond donors (Lipinski definition) is 1. The van der Waals surface area contributed by atoms with Gasteiger partial charge in [-0.15, -0.1) is 0 Å². The second-order valence-electron chi connectivity index (χ2n) is 5.20. The van der Waals surface area contributed by atoms with Gasteiger partial charge in [0.1, 0.15) is 11.9 Å². The highest BCUT2D eigenvalue weighted by atomic mass is 19.1. The van der Waals surface area contributed by atoms with Crippen molar-refractivity contribution in [2.75, 3.05) is 26.2 Å². The highest BCUT2D eigenvalue weighted by Gasteiger charge is 2.24. The summed E-state index contributed by atoms with van der Waals surface area (Å²) in [5.41, 5.74) is 0.855. The fraction of sp³-hybridized carbons (Fsp3) is 0.467. The van der Waals surface area contributed by atoms with E-state index < -0.39 is 6.10 Å². The number of aliphatic hydroxyl groups excluding tert-OH is 1. The zero-order valence-corrected chi connectivity index (χ0v) is 11.9. The molecular weight excluding hydrogens is 273 g/mol. The maximum Gasteiger partial charge on any atom is 0.251 e. The number of aliphatic hydroxyl groups is 1. The summed E-state index contributed by atoms with van der Waals surface area (Å²) < 4.78 is 13.8. The second-order valence-corrected chi connectivity index (χ2v) is 5.20. The van der Waals surface area contributed by atoms with E-state index in [1.54, 1.807) is 17.0 Å². The van der Waals surface area contributed by atoms with Crippen LogP contribution in [0.3, 0.4) is 0 Å². The number of carbonyl (C=O) groups excluding carboxylic acids is 1. The van der Waals surface area contributed by atoms with Crippen LogP contribution in [0.4, 0.5) is 4.39 Å². The Hall–Kier alpha value is -1.97. The first kappa shape index (κ1) is 15.4. The number of piperazine rings is 1. The van der Waals surface area contributed by atoms with Crippen molar-refractivity contribution in [3.8, 4) is 6.07 Å². The Labute approximate surface area is 123 Å². The zero-order valence-electron chi connectivity index (χ0n) is 11.9. The third-order valence-electron chi connectivity index (χ3n) is 3.62. The Morgan fingerprint density at radius 1 is 1.43 bits per heavy atom. The third-order valence-corrected chi connectivity index (χ3v) is 3.62. The molecule has 1 aromatic rings. The summed E-state index contributed by atoms with van der Waals surface area (Å²) >= 11 is 0. The van der Waals surface area contributed by atoms with Crippen molar-refractivity contribution in [3.05, 3.63) is 35.1 Å². The molecule has 1 saturated heterocycles. The summed E-state index contributed by atoms with van der Waals surface area (Å²) in [6.07, 6.45) is -0.979. The minimum Gasteiger partial charge on any atom is -0.384 e. The van der Waals surface area contributed by atoms with Crippen LogP contribution in [-0.4, -0.2) is 53.1 Å². The van der Waals surface area contributed by atoms with Crippen LogP contribution in [-0.2, 0) is 11.3 Å². The molecule has 1 amide bonds. The molecule has 1 aliphatic rings. The standard InChI is InChI=1S/C15H18FN3O2/c1-11(20)15(21)19-6-4-18(5-7-19)10-13-3-2-12(9-17)8-14(13)16/h2-3,8,11,20H,4-7,10H2,1H3. The number of halogens is 1. The number of rotatable bonds is 3. The average Bonchev–Trinajstić information content (AvgIpc) is 2.49. The molecule has 1 aromatic carbocycles. The molecule has 5 nitrogen and oxygen atoms in total. The van der Waals surface area contributed by atoms with Gasteiger partial charge in [0.05, 0.1) is 11.6 Å². The van der Waals surface area contributed by atoms with E-state index in [9.17, 15) is 14.3 Å². The molecule has 0 aromatic heterocycles. The van der Waals surface area contributed by atoms with Gasteiger partial charge in [0.15, 0.2) is 0 Å². The van der Waals surface area contributed by atoms with Crippen LogP contribution < -0.4 is 0 Å². The Bertz CT molecular complexity index is 561. The van der Waals surface area contributed by atoms with Crippen LogP contribution in [0.2, 0.25) is 0 Å². The summed E-state index contributed by atoms with van der Waals surface area (Å²) in [7, 11) is 0. The molecule has 0 aliphatic carbocycles. The van der Waals surface area contributed by atoms with E-state index in [4.69, 9.17) is 5.26 Å². The van der Waals surface area contributed by atoms with Crippen LogP contribution >= 0.6 is 0 Å². The molecule has 112 valence electrons. The summed E-state index contributed by atoms with van der Waals surface area (Å²) in [6, 6.07) is 6.37.